The molecule has 4 aromatic carbocycles. The van der Waals surface area contributed by atoms with E-state index in [9.17, 15) is 0 Å². The standard InChI is InChI=1S/C40H46/c1-6-35-36(31-23-15-11-16-24-31)38(7-2,8-3)40(33-27-19-13-20-28-33,34-29-21-14-22-30-34)39(9-4,10-5)37(35)32-25-17-12-18-26-32/h11-30,36H,6-10H2,1-5H3. The fraction of sp³-hybridized carbons (Fsp3) is 0.350. The number of hydrogen-bond acceptors (Lipinski definition) is 0. The van der Waals surface area contributed by atoms with Crippen molar-refractivity contribution in [3.63, 3.8) is 0 Å². The monoisotopic (exact) mass is 526 g/mol. The molecule has 0 saturated heterocycles. The molecular weight excluding hydrogens is 480 g/mol. The predicted molar refractivity (Wildman–Crippen MR) is 173 cm³/mol. The second-order valence-corrected chi connectivity index (χ2v) is 11.6. The van der Waals surface area contributed by atoms with Crippen LogP contribution >= 0.6 is 0 Å². The fourth-order valence-electron chi connectivity index (χ4n) is 9.27. The summed E-state index contributed by atoms with van der Waals surface area (Å²) in [5.41, 5.74) is 8.60. The molecule has 0 bridgehead atoms. The Bertz CT molecular complexity index is 1350. The van der Waals surface area contributed by atoms with Gasteiger partial charge in [0.25, 0.3) is 0 Å². The van der Waals surface area contributed by atoms with Crippen molar-refractivity contribution >= 4 is 5.57 Å². The third kappa shape index (κ3) is 3.87. The van der Waals surface area contributed by atoms with Crippen LogP contribution in [0.2, 0.25) is 0 Å². The van der Waals surface area contributed by atoms with E-state index in [1.165, 1.54) is 22.3 Å². The van der Waals surface area contributed by atoms with Crippen molar-refractivity contribution in [1.82, 2.24) is 0 Å². The molecule has 40 heavy (non-hydrogen) atoms. The van der Waals surface area contributed by atoms with Crippen molar-refractivity contribution in [2.45, 2.75) is 78.1 Å². The van der Waals surface area contributed by atoms with Crippen LogP contribution in [0.4, 0.5) is 0 Å². The summed E-state index contributed by atoms with van der Waals surface area (Å²) < 4.78 is 0. The van der Waals surface area contributed by atoms with Gasteiger partial charge >= 0.3 is 0 Å². The lowest BCUT2D eigenvalue weighted by molar-refractivity contribution is 0.00339. The average molecular weight is 527 g/mol. The minimum Gasteiger partial charge on any atom is -0.0648 e. The number of allylic oxidation sites excluding steroid dienone is 2. The maximum atomic E-state index is 2.47. The van der Waals surface area contributed by atoms with Crippen LogP contribution in [0.3, 0.4) is 0 Å². The Morgan fingerprint density at radius 3 is 1.32 bits per heavy atom. The van der Waals surface area contributed by atoms with E-state index in [-0.39, 0.29) is 16.2 Å². The summed E-state index contributed by atoms with van der Waals surface area (Å²) in [6, 6.07) is 46.0. The average Bonchev–Trinajstić information content (AvgIpc) is 3.04. The quantitative estimate of drug-likeness (QED) is 0.203. The van der Waals surface area contributed by atoms with Gasteiger partial charge in [0.15, 0.2) is 0 Å². The van der Waals surface area contributed by atoms with E-state index in [2.05, 4.69) is 156 Å². The van der Waals surface area contributed by atoms with Crippen molar-refractivity contribution in [2.24, 2.45) is 10.8 Å². The van der Waals surface area contributed by atoms with Crippen molar-refractivity contribution in [2.75, 3.05) is 0 Å². The molecule has 1 atom stereocenters. The molecule has 206 valence electrons. The van der Waals surface area contributed by atoms with E-state index in [1.54, 1.807) is 11.1 Å². The summed E-state index contributed by atoms with van der Waals surface area (Å²) in [7, 11) is 0. The van der Waals surface area contributed by atoms with E-state index in [0.717, 1.165) is 32.1 Å². The minimum atomic E-state index is -0.236. The molecule has 5 rings (SSSR count). The summed E-state index contributed by atoms with van der Waals surface area (Å²) in [4.78, 5) is 0. The van der Waals surface area contributed by atoms with E-state index < -0.39 is 0 Å². The second-order valence-electron chi connectivity index (χ2n) is 11.6. The largest absolute Gasteiger partial charge is 0.0648 e. The Kier molecular flexibility index (Phi) is 8.18. The molecule has 0 fully saturated rings. The summed E-state index contributed by atoms with van der Waals surface area (Å²) in [5.74, 6) is 0.301. The number of rotatable bonds is 9. The van der Waals surface area contributed by atoms with E-state index in [0.29, 0.717) is 5.92 Å². The van der Waals surface area contributed by atoms with Gasteiger partial charge in [0.05, 0.1) is 0 Å². The van der Waals surface area contributed by atoms with Crippen LogP contribution in [0.5, 0.6) is 0 Å². The molecular formula is C40H46. The Hall–Kier alpha value is -3.38. The van der Waals surface area contributed by atoms with Crippen LogP contribution in [0.25, 0.3) is 5.57 Å². The Labute approximate surface area is 243 Å². The fourth-order valence-corrected chi connectivity index (χ4v) is 9.27. The van der Waals surface area contributed by atoms with Crippen LogP contribution in [0.15, 0.2) is 127 Å². The first kappa shape index (κ1) is 28.2. The van der Waals surface area contributed by atoms with Crippen molar-refractivity contribution in [3.05, 3.63) is 149 Å². The van der Waals surface area contributed by atoms with Gasteiger partial charge in [-0.1, -0.05) is 162 Å². The van der Waals surface area contributed by atoms with E-state index >= 15 is 0 Å². The van der Waals surface area contributed by atoms with Gasteiger partial charge in [-0.05, 0) is 65.3 Å². The molecule has 0 nitrogen and oxygen atoms in total. The molecule has 1 aliphatic rings. The zero-order valence-corrected chi connectivity index (χ0v) is 25.2. The maximum absolute atomic E-state index is 2.47. The molecule has 0 saturated carbocycles. The maximum Gasteiger partial charge on any atom is 0.0364 e. The highest BCUT2D eigenvalue weighted by Gasteiger charge is 2.68. The molecule has 1 unspecified atom stereocenters. The third-order valence-electron chi connectivity index (χ3n) is 10.6. The Morgan fingerprint density at radius 2 is 0.925 bits per heavy atom. The van der Waals surface area contributed by atoms with Gasteiger partial charge in [0.2, 0.25) is 0 Å². The molecule has 0 heterocycles. The smallest absolute Gasteiger partial charge is 0.0364 e. The summed E-state index contributed by atoms with van der Waals surface area (Å²) >= 11 is 0. The Morgan fingerprint density at radius 1 is 0.500 bits per heavy atom. The molecule has 0 aliphatic heterocycles. The van der Waals surface area contributed by atoms with Gasteiger partial charge in [0.1, 0.15) is 0 Å². The van der Waals surface area contributed by atoms with E-state index in [4.69, 9.17) is 0 Å². The lowest BCUT2D eigenvalue weighted by atomic mass is 9.34. The molecule has 1 aliphatic carbocycles. The van der Waals surface area contributed by atoms with Gasteiger partial charge in [-0.15, -0.1) is 0 Å². The Balaban J connectivity index is 2.11. The highest BCUT2D eigenvalue weighted by Crippen LogP contribution is 2.75. The summed E-state index contributed by atoms with van der Waals surface area (Å²) in [6.45, 7) is 12.3. The first-order valence-corrected chi connectivity index (χ1v) is 15.6. The SMILES string of the molecule is CCC1=C(c2ccccc2)C(CC)(CC)C(c2ccccc2)(c2ccccc2)C(CC)(CC)C1c1ccccc1. The molecule has 0 heteroatoms. The van der Waals surface area contributed by atoms with Crippen LogP contribution in [-0.2, 0) is 5.41 Å². The minimum absolute atomic E-state index is 0.0350. The van der Waals surface area contributed by atoms with Gasteiger partial charge in [-0.2, -0.15) is 0 Å². The second kappa shape index (κ2) is 11.6. The summed E-state index contributed by atoms with van der Waals surface area (Å²) in [6.07, 6.45) is 5.39. The normalized spacial score (nSPS) is 19.4. The van der Waals surface area contributed by atoms with E-state index in [1.807, 2.05) is 0 Å². The zero-order valence-electron chi connectivity index (χ0n) is 25.2. The van der Waals surface area contributed by atoms with Gasteiger partial charge < -0.3 is 0 Å². The van der Waals surface area contributed by atoms with Crippen molar-refractivity contribution in [3.8, 4) is 0 Å². The summed E-state index contributed by atoms with van der Waals surface area (Å²) in [5, 5.41) is 0. The zero-order chi connectivity index (χ0) is 28.2. The first-order chi connectivity index (χ1) is 19.6. The third-order valence-corrected chi connectivity index (χ3v) is 10.6. The van der Waals surface area contributed by atoms with Crippen LogP contribution in [-0.4, -0.2) is 0 Å². The topological polar surface area (TPSA) is 0 Å². The lowest BCUT2D eigenvalue weighted by Crippen LogP contribution is -2.63. The highest BCUT2D eigenvalue weighted by atomic mass is 14.7. The number of benzene rings is 4. The number of hydrogen-bond donors (Lipinski definition) is 0. The molecule has 0 amide bonds. The van der Waals surface area contributed by atoms with Gasteiger partial charge in [-0.25, -0.2) is 0 Å². The van der Waals surface area contributed by atoms with Crippen molar-refractivity contribution < 1.29 is 0 Å². The molecule has 0 radical (unpaired) electrons. The van der Waals surface area contributed by atoms with Crippen LogP contribution in [0, 0.1) is 10.8 Å². The molecule has 0 aromatic heterocycles. The van der Waals surface area contributed by atoms with Crippen molar-refractivity contribution in [1.29, 1.82) is 0 Å². The van der Waals surface area contributed by atoms with Gasteiger partial charge in [-0.3, -0.25) is 0 Å². The molecule has 0 spiro atoms. The first-order valence-electron chi connectivity index (χ1n) is 15.6. The predicted octanol–water partition coefficient (Wildman–Crippen LogP) is 11.2. The van der Waals surface area contributed by atoms with Crippen LogP contribution in [0.1, 0.15) is 94.9 Å². The lowest BCUT2D eigenvalue weighted by Gasteiger charge is -2.68. The molecule has 4 aromatic rings. The molecule has 0 N–H and O–H groups in total. The highest BCUT2D eigenvalue weighted by molar-refractivity contribution is 5.81. The van der Waals surface area contributed by atoms with Gasteiger partial charge in [0, 0.05) is 16.7 Å². The van der Waals surface area contributed by atoms with Crippen LogP contribution < -0.4 is 0 Å².